The van der Waals surface area contributed by atoms with E-state index in [1.54, 1.807) is 31.2 Å². The van der Waals surface area contributed by atoms with E-state index < -0.39 is 6.72 Å². The minimum Gasteiger partial charge on any atom is -0.306 e. The average molecular weight is 400 g/mol. The molecule has 0 radical (unpaired) electrons. The molecule has 8 heteroatoms. The van der Waals surface area contributed by atoms with E-state index in [9.17, 15) is 9.83 Å². The second-order valence-electron chi connectivity index (χ2n) is 4.90. The third-order valence-electron chi connectivity index (χ3n) is 2.95. The number of allylic oxidation sites excluding steroid dienone is 1. The lowest BCUT2D eigenvalue weighted by molar-refractivity contribution is 0.320. The molecule has 0 spiro atoms. The van der Waals surface area contributed by atoms with Crippen molar-refractivity contribution < 1.29 is 9.09 Å². The number of halogens is 1. The Labute approximate surface area is 159 Å². The fraction of sp³-hybridized carbons (Fsp3) is 0.412. The van der Waals surface area contributed by atoms with E-state index in [1.807, 2.05) is 26.0 Å². The molecule has 0 saturated heterocycles. The number of nitriles is 1. The van der Waals surface area contributed by atoms with E-state index in [1.165, 1.54) is 16.1 Å². The van der Waals surface area contributed by atoms with Gasteiger partial charge in [0.1, 0.15) is 6.07 Å². The van der Waals surface area contributed by atoms with E-state index >= 15 is 0 Å². The number of aliphatic imine (C=N–C) groups is 1. The molecule has 1 unspecified atom stereocenters. The number of amidine groups is 1. The van der Waals surface area contributed by atoms with Crippen LogP contribution in [0.2, 0.25) is 5.02 Å². The molecule has 1 aromatic carbocycles. The quantitative estimate of drug-likeness (QED) is 0.218. The van der Waals surface area contributed by atoms with Crippen LogP contribution >= 0.6 is 29.7 Å². The zero-order valence-electron chi connectivity index (χ0n) is 14.7. The summed E-state index contributed by atoms with van der Waals surface area (Å²) < 4.78 is 20.5. The fourth-order valence-electron chi connectivity index (χ4n) is 1.86. The van der Waals surface area contributed by atoms with E-state index in [0.29, 0.717) is 16.5 Å². The van der Waals surface area contributed by atoms with Crippen molar-refractivity contribution in [3.05, 3.63) is 41.4 Å². The highest BCUT2D eigenvalue weighted by molar-refractivity contribution is 8.56. The van der Waals surface area contributed by atoms with Gasteiger partial charge in [-0.15, -0.1) is 0 Å². The first kappa shape index (κ1) is 21.8. The molecule has 1 rings (SSSR count). The van der Waals surface area contributed by atoms with Crippen molar-refractivity contribution in [1.82, 2.24) is 4.67 Å². The van der Waals surface area contributed by atoms with Gasteiger partial charge in [0.25, 0.3) is 0 Å². The second kappa shape index (κ2) is 11.4. The Balaban J connectivity index is 3.33. The molecule has 0 aliphatic heterocycles. The Hall–Kier alpha value is -1.25. The summed E-state index contributed by atoms with van der Waals surface area (Å²) in [6.45, 7) is 2.93. The number of nitrogens with zero attached hydrogens (tertiary/aromatic N) is 3. The molecule has 0 N–H and O–H groups in total. The molecule has 5 nitrogen and oxygen atoms in total. The molecule has 1 atom stereocenters. The van der Waals surface area contributed by atoms with Crippen LogP contribution in [0.1, 0.15) is 27.2 Å². The second-order valence-corrected chi connectivity index (χ2v) is 9.84. The third kappa shape index (κ3) is 6.87. The maximum absolute atomic E-state index is 13.4. The van der Waals surface area contributed by atoms with Gasteiger partial charge >= 0.3 is 6.72 Å². The molecule has 25 heavy (non-hydrogen) atoms. The van der Waals surface area contributed by atoms with Gasteiger partial charge in [-0.25, -0.2) is 4.99 Å². The zero-order valence-corrected chi connectivity index (χ0v) is 17.2. The molecule has 0 aromatic heterocycles. The molecule has 136 valence electrons. The number of rotatable bonds is 9. The zero-order chi connectivity index (χ0) is 18.7. The molecule has 0 amide bonds. The van der Waals surface area contributed by atoms with Crippen LogP contribution in [0.25, 0.3) is 0 Å². The van der Waals surface area contributed by atoms with Crippen LogP contribution in [0.5, 0.6) is 0 Å². The summed E-state index contributed by atoms with van der Waals surface area (Å²) in [4.78, 5) is 4.35. The smallest absolute Gasteiger partial charge is 0.306 e. The van der Waals surface area contributed by atoms with Gasteiger partial charge in [0, 0.05) is 17.3 Å². The van der Waals surface area contributed by atoms with Gasteiger partial charge in [-0.2, -0.15) is 5.26 Å². The van der Waals surface area contributed by atoms with Crippen LogP contribution in [0.15, 0.2) is 41.4 Å². The Kier molecular flexibility index (Phi) is 9.92. The molecule has 0 saturated carbocycles. The van der Waals surface area contributed by atoms with Crippen LogP contribution in [0.3, 0.4) is 0 Å². The predicted molar refractivity (Wildman–Crippen MR) is 108 cm³/mol. The highest BCUT2D eigenvalue weighted by atomic mass is 35.5. The number of hydrogen-bond donors (Lipinski definition) is 0. The van der Waals surface area contributed by atoms with Gasteiger partial charge in [-0.05, 0) is 49.8 Å². The van der Waals surface area contributed by atoms with Gasteiger partial charge in [0.05, 0.1) is 12.3 Å². The van der Waals surface area contributed by atoms with Crippen molar-refractivity contribution in [1.29, 1.82) is 5.26 Å². The normalized spacial score (nSPS) is 14.3. The van der Waals surface area contributed by atoms with Crippen molar-refractivity contribution >= 4 is 41.2 Å². The largest absolute Gasteiger partial charge is 0.355 e. The van der Waals surface area contributed by atoms with Gasteiger partial charge in [-0.1, -0.05) is 36.7 Å². The van der Waals surface area contributed by atoms with E-state index in [4.69, 9.17) is 16.1 Å². The number of hydrogen-bond acceptors (Lipinski definition) is 5. The van der Waals surface area contributed by atoms with E-state index in [-0.39, 0.29) is 19.0 Å². The molecule has 0 fully saturated rings. The van der Waals surface area contributed by atoms with Crippen LogP contribution in [0, 0.1) is 11.3 Å². The van der Waals surface area contributed by atoms with Crippen LogP contribution < -0.4 is 0 Å². The van der Waals surface area contributed by atoms with Crippen LogP contribution in [-0.2, 0) is 9.09 Å². The van der Waals surface area contributed by atoms with Crippen molar-refractivity contribution in [2.45, 2.75) is 27.2 Å². The van der Waals surface area contributed by atoms with Crippen molar-refractivity contribution in [3.8, 4) is 6.07 Å². The molecule has 0 aliphatic rings. The summed E-state index contributed by atoms with van der Waals surface area (Å²) in [5.74, 6) is 0.709. The summed E-state index contributed by atoms with van der Waals surface area (Å²) in [5, 5.41) is 10.1. The predicted octanol–water partition coefficient (Wildman–Crippen LogP) is 6.06. The first-order valence-corrected chi connectivity index (χ1v) is 11.6. The minimum absolute atomic E-state index is 0.0424. The lowest BCUT2D eigenvalue weighted by Crippen LogP contribution is -2.27. The Morgan fingerprint density at radius 3 is 2.84 bits per heavy atom. The third-order valence-corrected chi connectivity index (χ3v) is 8.06. The fourth-order valence-corrected chi connectivity index (χ4v) is 6.39. The summed E-state index contributed by atoms with van der Waals surface area (Å²) in [6, 6.07) is 8.92. The van der Waals surface area contributed by atoms with Crippen LogP contribution in [0.4, 0.5) is 5.69 Å². The minimum atomic E-state index is -3.28. The Bertz CT molecular complexity index is 703. The summed E-state index contributed by atoms with van der Waals surface area (Å²) >= 11 is 7.21. The Morgan fingerprint density at radius 1 is 1.52 bits per heavy atom. The lowest BCUT2D eigenvalue weighted by atomic mass is 10.3. The average Bonchev–Trinajstić information content (AvgIpc) is 2.59. The van der Waals surface area contributed by atoms with Gasteiger partial charge in [-0.3, -0.25) is 9.24 Å². The highest BCUT2D eigenvalue weighted by Gasteiger charge is 2.34. The van der Waals surface area contributed by atoms with Crippen molar-refractivity contribution in [2.24, 2.45) is 4.99 Å². The molecular weight excluding hydrogens is 377 g/mol. The molecule has 1 aromatic rings. The van der Waals surface area contributed by atoms with Crippen LogP contribution in [-0.4, -0.2) is 29.4 Å². The van der Waals surface area contributed by atoms with Gasteiger partial charge in [0.2, 0.25) is 5.84 Å². The van der Waals surface area contributed by atoms with E-state index in [0.717, 1.165) is 6.42 Å². The van der Waals surface area contributed by atoms with Gasteiger partial charge in [0.15, 0.2) is 0 Å². The molecule has 0 bridgehead atoms. The standard InChI is InChI=1S/C17H23ClN3O2PS/c1-4-7-11-21(24(22,23-6-3)25-12-5-2)17(14-19)20-16-10-8-9-15(18)13-16/h4,7-10,13H,5-6,11-12H2,1-3H3. The summed E-state index contributed by atoms with van der Waals surface area (Å²) in [7, 11) is 0. The Morgan fingerprint density at radius 2 is 2.28 bits per heavy atom. The van der Waals surface area contributed by atoms with Gasteiger partial charge < -0.3 is 4.52 Å². The SMILES string of the molecule is CC=CCN(C(C#N)=Nc1cccc(Cl)c1)P(=O)(OCC)SCCC. The monoisotopic (exact) mass is 399 g/mol. The topological polar surface area (TPSA) is 65.7 Å². The van der Waals surface area contributed by atoms with Crippen molar-refractivity contribution in [2.75, 3.05) is 18.9 Å². The number of benzene rings is 1. The molecular formula is C17H23ClN3O2PS. The first-order chi connectivity index (χ1) is 12.0. The molecule has 0 heterocycles. The lowest BCUT2D eigenvalue weighted by Gasteiger charge is -2.29. The summed E-state index contributed by atoms with van der Waals surface area (Å²) in [5.41, 5.74) is 0.526. The summed E-state index contributed by atoms with van der Waals surface area (Å²) in [6.07, 6.45) is 4.51. The highest BCUT2D eigenvalue weighted by Crippen LogP contribution is 2.62. The maximum Gasteiger partial charge on any atom is 0.355 e. The van der Waals surface area contributed by atoms with Crippen molar-refractivity contribution in [3.63, 3.8) is 0 Å². The first-order valence-electron chi connectivity index (χ1n) is 8.03. The molecule has 0 aliphatic carbocycles. The van der Waals surface area contributed by atoms with E-state index in [2.05, 4.69) is 11.1 Å². The maximum atomic E-state index is 13.4.